The molecule has 1 aromatic carbocycles. The number of anilines is 1. The number of aliphatic hydroxyl groups excluding tert-OH is 1. The molecule has 248 valence electrons. The summed E-state index contributed by atoms with van der Waals surface area (Å²) in [6, 6.07) is 8.74. The number of aliphatic hydroxyl groups is 1. The molecule has 5 aromatic rings. The molecular weight excluding hydrogens is 740 g/mol. The summed E-state index contributed by atoms with van der Waals surface area (Å²) < 4.78 is 43.1. The number of amides is 2. The van der Waals surface area contributed by atoms with E-state index in [-0.39, 0.29) is 52.6 Å². The summed E-state index contributed by atoms with van der Waals surface area (Å²) in [5, 5.41) is 27.5. The maximum absolute atomic E-state index is 14.1. The third-order valence-electron chi connectivity index (χ3n) is 8.90. The van der Waals surface area contributed by atoms with Gasteiger partial charge in [0.2, 0.25) is 0 Å². The Hall–Kier alpha value is -4.56. The predicted molar refractivity (Wildman–Crippen MR) is 164 cm³/mol. The fraction of sp³-hybridized carbons (Fsp3) is 0.333. The van der Waals surface area contributed by atoms with Crippen molar-refractivity contribution in [1.29, 1.82) is 5.26 Å². The van der Waals surface area contributed by atoms with Crippen LogP contribution in [0.25, 0.3) is 27.7 Å². The van der Waals surface area contributed by atoms with Crippen LogP contribution in [0.5, 0.6) is 0 Å². The molecule has 4 atom stereocenters. The van der Waals surface area contributed by atoms with Gasteiger partial charge in [-0.05, 0) is 0 Å². The molecule has 2 aliphatic heterocycles. The Morgan fingerprint density at radius 2 is 1.96 bits per heavy atom. The second-order valence-electron chi connectivity index (χ2n) is 12.5. The van der Waals surface area contributed by atoms with Gasteiger partial charge in [0.15, 0.2) is 11.3 Å². The number of carbonyl (C=O) groups is 2. The number of nitrogens with one attached hydrogen (secondary N) is 1. The van der Waals surface area contributed by atoms with Crippen molar-refractivity contribution in [2.24, 2.45) is 0 Å². The number of hydrogen-bond donors (Lipinski definition) is 2. The fourth-order valence-corrected chi connectivity index (χ4v) is 9.86. The number of rotatable bonds is 6. The minimum atomic E-state index is -4.67. The Kier molecular flexibility index (Phi) is 7.51. The fourth-order valence-electron chi connectivity index (χ4n) is 6.47. The molecule has 2 saturated heterocycles. The van der Waals surface area contributed by atoms with Gasteiger partial charge in [-0.1, -0.05) is 0 Å². The number of hydrogen-bond acceptors (Lipinski definition) is 7. The van der Waals surface area contributed by atoms with Crippen molar-refractivity contribution in [3.8, 4) is 17.2 Å². The van der Waals surface area contributed by atoms with E-state index in [0.717, 1.165) is 33.7 Å². The Bertz CT molecular complexity index is 2200. The van der Waals surface area contributed by atoms with Crippen molar-refractivity contribution < 1.29 is 49.1 Å². The van der Waals surface area contributed by atoms with Gasteiger partial charge < -0.3 is 0 Å². The number of carbonyl (C=O) groups excluding carboxylic acids is 2. The van der Waals surface area contributed by atoms with E-state index < -0.39 is 29.9 Å². The molecule has 0 spiro atoms. The van der Waals surface area contributed by atoms with Crippen molar-refractivity contribution in [3.05, 3.63) is 77.0 Å². The van der Waals surface area contributed by atoms with Crippen LogP contribution in [-0.4, -0.2) is 59.5 Å². The molecule has 15 heteroatoms. The first kappa shape index (κ1) is 32.0. The summed E-state index contributed by atoms with van der Waals surface area (Å²) >= 11 is -0.386. The summed E-state index contributed by atoms with van der Waals surface area (Å²) in [4.78, 5) is 37.3. The molecule has 0 bridgehead atoms. The summed E-state index contributed by atoms with van der Waals surface area (Å²) in [6.45, 7) is 7.07. The zero-order valence-corrected chi connectivity index (χ0v) is 28.3. The third-order valence-corrected chi connectivity index (χ3v) is 13.2. The van der Waals surface area contributed by atoms with Gasteiger partial charge in [-0.2, -0.15) is 10.4 Å². The molecule has 2 fully saturated rings. The number of aryl methyl sites for hydroxylation is 2. The molecule has 0 radical (unpaired) electrons. The number of nitrogens with zero attached hydrogens (tertiary/aromatic N) is 7. The number of halogens is 4. The number of nitriles is 1. The first-order valence-electron chi connectivity index (χ1n) is 15.1. The average Bonchev–Trinajstić information content (AvgIpc) is 3.32. The first-order valence-corrected chi connectivity index (χ1v) is 17.4. The normalized spacial score (nSPS) is 21.1. The molecule has 6 heterocycles. The molecule has 2 amide bonds. The predicted octanol–water partition coefficient (Wildman–Crippen LogP) is 1.73. The molecule has 4 aromatic heterocycles. The number of pyridine rings is 1. The Balaban J connectivity index is 1.19. The van der Waals surface area contributed by atoms with Gasteiger partial charge in [-0.3, -0.25) is 0 Å². The second-order valence-corrected chi connectivity index (χ2v) is 16.7. The van der Waals surface area contributed by atoms with Crippen molar-refractivity contribution in [3.63, 3.8) is 0 Å². The summed E-state index contributed by atoms with van der Waals surface area (Å²) in [7, 11) is 0. The van der Waals surface area contributed by atoms with Crippen LogP contribution >= 0.6 is 0 Å². The van der Waals surface area contributed by atoms with Crippen LogP contribution in [0, 0.1) is 25.2 Å². The van der Waals surface area contributed by atoms with Crippen molar-refractivity contribution in [2.45, 2.75) is 66.5 Å². The third kappa shape index (κ3) is 5.46. The van der Waals surface area contributed by atoms with Crippen LogP contribution in [0.3, 0.4) is 0 Å². The first-order chi connectivity index (χ1) is 22.7. The Morgan fingerprint density at radius 3 is 2.67 bits per heavy atom. The van der Waals surface area contributed by atoms with Gasteiger partial charge in [0, 0.05) is 6.07 Å². The number of benzene rings is 1. The maximum atomic E-state index is 14.1. The molecule has 11 nitrogen and oxygen atoms in total. The molecule has 1 unspecified atom stereocenters. The molecule has 7 rings (SSSR count). The topological polar surface area (TPSA) is 141 Å². The quantitative estimate of drug-likeness (QED) is 0.152. The molecular formula is C33H29F3IN8O3-. The minimum absolute atomic E-state index is 0.0628. The monoisotopic (exact) mass is 769 g/mol. The van der Waals surface area contributed by atoms with Crippen LogP contribution < -0.4 is 26.5 Å². The summed E-state index contributed by atoms with van der Waals surface area (Å²) in [6.07, 6.45) is 0.120. The van der Waals surface area contributed by atoms with Gasteiger partial charge in [0.05, 0.1) is 0 Å². The van der Waals surface area contributed by atoms with Gasteiger partial charge in [0.1, 0.15) is 6.07 Å². The van der Waals surface area contributed by atoms with Crippen LogP contribution in [-0.2, 0) is 22.3 Å². The number of alkyl halides is 5. The Labute approximate surface area is 282 Å². The SMILES string of the molecule is Cc1ccc(C(F)(F)F)nc1NC(=O)[C@@H]1C[C@@]2(C)[I-][C@H]2N1C(=O)Cn1cc(C(C)O)c2cc(-c3cnc4cc(C#N)nn4c3)cc(C)c21. The summed E-state index contributed by atoms with van der Waals surface area (Å²) in [5.74, 6) is -1.03. The second kappa shape index (κ2) is 11.3. The van der Waals surface area contributed by atoms with Crippen LogP contribution in [0.1, 0.15) is 54.5 Å². The zero-order valence-electron chi connectivity index (χ0n) is 26.2. The zero-order chi connectivity index (χ0) is 34.3. The molecule has 0 aliphatic carbocycles. The van der Waals surface area contributed by atoms with E-state index >= 15 is 0 Å². The van der Waals surface area contributed by atoms with Crippen LogP contribution in [0.15, 0.2) is 48.9 Å². The number of aromatic nitrogens is 5. The van der Waals surface area contributed by atoms with Crippen LogP contribution in [0.2, 0.25) is 0 Å². The van der Waals surface area contributed by atoms with Gasteiger partial charge >= 0.3 is 250 Å². The average molecular weight is 770 g/mol. The number of likely N-dealkylation sites (tertiary alicyclic amines) is 1. The van der Waals surface area contributed by atoms with Crippen LogP contribution in [0.4, 0.5) is 19.0 Å². The van der Waals surface area contributed by atoms with E-state index in [4.69, 9.17) is 0 Å². The van der Waals surface area contributed by atoms with E-state index in [2.05, 4.69) is 20.4 Å². The van der Waals surface area contributed by atoms with E-state index in [1.54, 1.807) is 48.0 Å². The Morgan fingerprint density at radius 1 is 1.19 bits per heavy atom. The molecule has 48 heavy (non-hydrogen) atoms. The molecule has 2 N–H and O–H groups in total. The van der Waals surface area contributed by atoms with Gasteiger partial charge in [-0.25, -0.2) is 0 Å². The van der Waals surface area contributed by atoms with Crippen molar-refractivity contribution in [1.82, 2.24) is 29.0 Å². The van der Waals surface area contributed by atoms with Crippen molar-refractivity contribution >= 4 is 34.2 Å². The standard InChI is InChI=1S/C33H29F3IN8O3/c1-16-5-6-25(33(34,35)36)40-29(16)41-30(48)24-10-32(4)31(37-32)45(24)27(47)15-43-14-23(18(3)46)22-8-19(7-17(2)28(22)43)20-12-39-26-9-21(11-38)42-44(26)13-20/h5-9,12-14,18,24,31,46H,10,15H2,1-4H3,(H,40,41,48)/q-1/t18?,24-,31-,32+/m0/s1. The van der Waals surface area contributed by atoms with Gasteiger partial charge in [-0.15, -0.1) is 0 Å². The summed E-state index contributed by atoms with van der Waals surface area (Å²) in [5.41, 5.74) is 3.81. The van der Waals surface area contributed by atoms with E-state index in [9.17, 15) is 33.1 Å². The molecule has 2 aliphatic rings. The van der Waals surface area contributed by atoms with E-state index in [0.29, 0.717) is 23.2 Å². The van der Waals surface area contributed by atoms with Crippen molar-refractivity contribution in [2.75, 3.05) is 5.32 Å². The van der Waals surface area contributed by atoms with Gasteiger partial charge in [0.25, 0.3) is 0 Å². The molecule has 0 saturated carbocycles. The van der Waals surface area contributed by atoms with E-state index in [1.807, 2.05) is 32.0 Å². The number of fused-ring (bicyclic) bond motifs is 3. The van der Waals surface area contributed by atoms with E-state index in [1.165, 1.54) is 10.6 Å².